The summed E-state index contributed by atoms with van der Waals surface area (Å²) < 4.78 is 5.23. The maximum absolute atomic E-state index is 11.4. The fourth-order valence-corrected chi connectivity index (χ4v) is 1.71. The maximum atomic E-state index is 11.4. The molecule has 0 fully saturated rings. The first-order valence-electron chi connectivity index (χ1n) is 6.94. The summed E-state index contributed by atoms with van der Waals surface area (Å²) in [5.74, 6) is -0.0948. The van der Waals surface area contributed by atoms with Crippen molar-refractivity contribution in [1.82, 2.24) is 0 Å². The lowest BCUT2D eigenvalue weighted by atomic mass is 10.1. The summed E-state index contributed by atoms with van der Waals surface area (Å²) in [5, 5.41) is 8.13. The van der Waals surface area contributed by atoms with Crippen molar-refractivity contribution in [1.29, 1.82) is 0 Å². The molecule has 1 N–H and O–H groups in total. The molecule has 0 saturated carbocycles. The van der Waals surface area contributed by atoms with E-state index < -0.39 is 0 Å². The van der Waals surface area contributed by atoms with E-state index in [0.29, 0.717) is 13.0 Å². The Hall–Kier alpha value is -0.610. The highest BCUT2D eigenvalue weighted by Gasteiger charge is 2.15. The zero-order valence-corrected chi connectivity index (χ0v) is 12.0. The van der Waals surface area contributed by atoms with Gasteiger partial charge in [-0.05, 0) is 33.6 Å². The molecule has 0 unspecified atom stereocenters. The minimum Gasteiger partial charge on any atom is -0.460 e. The Bertz CT molecular complexity index is 208. The molecule has 0 bridgehead atoms. The van der Waals surface area contributed by atoms with Crippen LogP contribution in [0.2, 0.25) is 0 Å². The van der Waals surface area contributed by atoms with Crippen molar-refractivity contribution in [3.8, 4) is 0 Å². The van der Waals surface area contributed by atoms with Crippen LogP contribution < -0.4 is 0 Å². The fourth-order valence-electron chi connectivity index (χ4n) is 1.71. The van der Waals surface area contributed by atoms with Gasteiger partial charge in [0.25, 0.3) is 0 Å². The number of rotatable bonds is 10. The molecular weight excluding hydrogens is 232 g/mol. The summed E-state index contributed by atoms with van der Waals surface area (Å²) in [5.41, 5.74) is -0.369. The molecule has 0 amide bonds. The maximum Gasteiger partial charge on any atom is 0.306 e. The molecule has 4 heteroatoms. The van der Waals surface area contributed by atoms with Crippen LogP contribution >= 0.6 is 0 Å². The smallest absolute Gasteiger partial charge is 0.306 e. The second kappa shape index (κ2) is 10.3. The van der Waals surface area contributed by atoms with Crippen molar-refractivity contribution in [3.05, 3.63) is 0 Å². The molecule has 0 aliphatic rings. The number of hydrogen-bond acceptors (Lipinski definition) is 4. The summed E-state index contributed by atoms with van der Waals surface area (Å²) in [6, 6.07) is 0. The van der Waals surface area contributed by atoms with Gasteiger partial charge in [-0.25, -0.2) is 4.89 Å². The summed E-state index contributed by atoms with van der Waals surface area (Å²) in [4.78, 5) is 15.4. The average molecular weight is 260 g/mol. The van der Waals surface area contributed by atoms with Gasteiger partial charge in [0.2, 0.25) is 0 Å². The van der Waals surface area contributed by atoms with Gasteiger partial charge in [0.15, 0.2) is 0 Å². The van der Waals surface area contributed by atoms with Gasteiger partial charge in [-0.15, -0.1) is 0 Å². The van der Waals surface area contributed by atoms with E-state index in [2.05, 4.69) is 4.89 Å². The zero-order chi connectivity index (χ0) is 13.9. The van der Waals surface area contributed by atoms with Crippen LogP contribution in [0.15, 0.2) is 0 Å². The van der Waals surface area contributed by atoms with Gasteiger partial charge in [0, 0.05) is 6.42 Å². The summed E-state index contributed by atoms with van der Waals surface area (Å²) in [6.45, 7) is 6.10. The Balaban J connectivity index is 3.23. The van der Waals surface area contributed by atoms with Gasteiger partial charge in [-0.2, -0.15) is 0 Å². The Labute approximate surface area is 111 Å². The first-order valence-corrected chi connectivity index (χ1v) is 6.94. The van der Waals surface area contributed by atoms with E-state index in [1.807, 2.05) is 20.8 Å². The van der Waals surface area contributed by atoms with Gasteiger partial charge in [0.05, 0.1) is 6.61 Å². The van der Waals surface area contributed by atoms with E-state index in [9.17, 15) is 4.79 Å². The van der Waals surface area contributed by atoms with Gasteiger partial charge < -0.3 is 4.74 Å². The third-order valence-electron chi connectivity index (χ3n) is 2.54. The van der Waals surface area contributed by atoms with Gasteiger partial charge >= 0.3 is 5.97 Å². The topological polar surface area (TPSA) is 55.8 Å². The molecule has 0 saturated heterocycles. The van der Waals surface area contributed by atoms with E-state index in [0.717, 1.165) is 38.5 Å². The van der Waals surface area contributed by atoms with Gasteiger partial charge in [-0.3, -0.25) is 10.1 Å². The summed E-state index contributed by atoms with van der Waals surface area (Å²) in [7, 11) is 0. The number of carbonyl (C=O) groups is 1. The quantitative estimate of drug-likeness (QED) is 0.280. The molecule has 0 spiro atoms. The second-order valence-corrected chi connectivity index (χ2v) is 5.64. The van der Waals surface area contributed by atoms with E-state index in [1.165, 1.54) is 6.42 Å². The molecule has 0 heterocycles. The van der Waals surface area contributed by atoms with E-state index in [1.54, 1.807) is 0 Å². The SMILES string of the molecule is CC(C)(C)OC(=O)CCCCCCCCCOO. The van der Waals surface area contributed by atoms with E-state index in [-0.39, 0.29) is 11.6 Å². The molecule has 0 rings (SSSR count). The predicted octanol–water partition coefficient (Wildman–Crippen LogP) is 3.94. The van der Waals surface area contributed by atoms with Crippen LogP contribution in [-0.2, 0) is 14.4 Å². The Morgan fingerprint density at radius 2 is 1.44 bits per heavy atom. The number of hydrogen-bond donors (Lipinski definition) is 1. The van der Waals surface area contributed by atoms with Crippen molar-refractivity contribution in [2.75, 3.05) is 6.61 Å². The van der Waals surface area contributed by atoms with Crippen LogP contribution in [0.5, 0.6) is 0 Å². The predicted molar refractivity (Wildman–Crippen MR) is 71.4 cm³/mol. The largest absolute Gasteiger partial charge is 0.460 e. The molecule has 0 aromatic rings. The van der Waals surface area contributed by atoms with E-state index in [4.69, 9.17) is 9.99 Å². The molecule has 0 aliphatic heterocycles. The standard InChI is InChI=1S/C14H28O4/c1-14(2,3)18-13(15)11-9-7-5-4-6-8-10-12-17-16/h16H,4-12H2,1-3H3. The van der Waals surface area contributed by atoms with Crippen LogP contribution in [-0.4, -0.2) is 23.4 Å². The Kier molecular flexibility index (Phi) is 9.98. The number of carbonyl (C=O) groups excluding carboxylic acids is 1. The van der Waals surface area contributed by atoms with Crippen LogP contribution in [0.3, 0.4) is 0 Å². The Morgan fingerprint density at radius 3 is 1.94 bits per heavy atom. The van der Waals surface area contributed by atoms with Crippen molar-refractivity contribution < 1.29 is 19.7 Å². The van der Waals surface area contributed by atoms with Crippen molar-refractivity contribution in [2.24, 2.45) is 0 Å². The second-order valence-electron chi connectivity index (χ2n) is 5.64. The molecule has 0 radical (unpaired) electrons. The molecule has 4 nitrogen and oxygen atoms in total. The first-order chi connectivity index (χ1) is 8.45. The highest BCUT2D eigenvalue weighted by atomic mass is 17.1. The Morgan fingerprint density at radius 1 is 0.944 bits per heavy atom. The fraction of sp³-hybridized carbons (Fsp3) is 0.929. The molecule has 0 atom stereocenters. The van der Waals surface area contributed by atoms with E-state index >= 15 is 0 Å². The van der Waals surface area contributed by atoms with Crippen LogP contribution in [0.1, 0.15) is 72.1 Å². The molecule has 0 aliphatic carbocycles. The highest BCUT2D eigenvalue weighted by molar-refractivity contribution is 5.69. The van der Waals surface area contributed by atoms with Crippen LogP contribution in [0.4, 0.5) is 0 Å². The number of unbranched alkanes of at least 4 members (excludes halogenated alkanes) is 6. The summed E-state index contributed by atoms with van der Waals surface area (Å²) in [6.07, 6.45) is 8.01. The van der Waals surface area contributed by atoms with Crippen molar-refractivity contribution in [2.45, 2.75) is 77.7 Å². The molecular formula is C14H28O4. The van der Waals surface area contributed by atoms with Crippen LogP contribution in [0.25, 0.3) is 0 Å². The number of esters is 1. The molecule has 18 heavy (non-hydrogen) atoms. The monoisotopic (exact) mass is 260 g/mol. The lowest BCUT2D eigenvalue weighted by Crippen LogP contribution is -2.23. The number of ether oxygens (including phenoxy) is 1. The van der Waals surface area contributed by atoms with Crippen LogP contribution in [0, 0.1) is 0 Å². The van der Waals surface area contributed by atoms with Gasteiger partial charge in [-0.1, -0.05) is 32.1 Å². The lowest BCUT2D eigenvalue weighted by Gasteiger charge is -2.19. The minimum absolute atomic E-state index is 0.0948. The molecule has 0 aromatic heterocycles. The third-order valence-corrected chi connectivity index (χ3v) is 2.54. The normalized spacial score (nSPS) is 11.6. The van der Waals surface area contributed by atoms with Crippen molar-refractivity contribution >= 4 is 5.97 Å². The minimum atomic E-state index is -0.369. The summed E-state index contributed by atoms with van der Waals surface area (Å²) >= 11 is 0. The highest BCUT2D eigenvalue weighted by Crippen LogP contribution is 2.12. The molecule has 0 aromatic carbocycles. The van der Waals surface area contributed by atoms with Gasteiger partial charge in [0.1, 0.15) is 5.60 Å². The molecule has 108 valence electrons. The lowest BCUT2D eigenvalue weighted by molar-refractivity contribution is -0.242. The average Bonchev–Trinajstić information content (AvgIpc) is 2.24. The van der Waals surface area contributed by atoms with Crippen molar-refractivity contribution in [3.63, 3.8) is 0 Å². The third kappa shape index (κ3) is 13.5. The first kappa shape index (κ1) is 17.4. The zero-order valence-electron chi connectivity index (χ0n) is 12.0.